The van der Waals surface area contributed by atoms with E-state index in [0.29, 0.717) is 0 Å². The van der Waals surface area contributed by atoms with Gasteiger partial charge in [-0.3, -0.25) is 4.90 Å². The van der Waals surface area contributed by atoms with E-state index in [1.54, 1.807) is 0 Å². The van der Waals surface area contributed by atoms with Crippen molar-refractivity contribution in [1.82, 2.24) is 10.2 Å². The van der Waals surface area contributed by atoms with Gasteiger partial charge in [0.2, 0.25) is 0 Å². The Morgan fingerprint density at radius 3 is 2.56 bits per heavy atom. The fraction of sp³-hybridized carbons (Fsp3) is 0.467. The van der Waals surface area contributed by atoms with E-state index in [1.807, 2.05) is 19.2 Å². The zero-order chi connectivity index (χ0) is 13.0. The maximum atomic E-state index is 5.94. The van der Waals surface area contributed by atoms with Gasteiger partial charge in [-0.05, 0) is 26.2 Å². The average molecular weight is 246 g/mol. The number of furan rings is 1. The molecule has 3 heteroatoms. The molecule has 0 atom stereocenters. The third kappa shape index (κ3) is 2.57. The molecule has 0 spiro atoms. The first-order valence-electron chi connectivity index (χ1n) is 6.66. The van der Waals surface area contributed by atoms with Crippen molar-refractivity contribution in [2.75, 3.05) is 20.1 Å². The second-order valence-electron chi connectivity index (χ2n) is 4.49. The van der Waals surface area contributed by atoms with Gasteiger partial charge in [0.15, 0.2) is 0 Å². The summed E-state index contributed by atoms with van der Waals surface area (Å²) in [6.45, 7) is 8.27. The van der Waals surface area contributed by atoms with E-state index in [2.05, 4.69) is 36.2 Å². The molecule has 2 aromatic rings. The lowest BCUT2D eigenvalue weighted by atomic mass is 10.1. The number of rotatable bonds is 6. The third-order valence-electron chi connectivity index (χ3n) is 3.40. The highest BCUT2D eigenvalue weighted by molar-refractivity contribution is 5.82. The molecule has 0 saturated heterocycles. The Labute approximate surface area is 109 Å². The smallest absolute Gasteiger partial charge is 0.134 e. The quantitative estimate of drug-likeness (QED) is 0.849. The lowest BCUT2D eigenvalue weighted by Gasteiger charge is -2.18. The predicted octanol–water partition coefficient (Wildman–Crippen LogP) is 2.99. The zero-order valence-corrected chi connectivity index (χ0v) is 11.5. The Balaban J connectivity index is 2.41. The SMILES string of the molecule is CCN(CC)Cc1c(CNC)oc2ccccc12. The van der Waals surface area contributed by atoms with Crippen molar-refractivity contribution in [3.63, 3.8) is 0 Å². The van der Waals surface area contributed by atoms with Crippen LogP contribution in [0.2, 0.25) is 0 Å². The van der Waals surface area contributed by atoms with Crippen LogP contribution in [0.3, 0.4) is 0 Å². The van der Waals surface area contributed by atoms with Crippen molar-refractivity contribution in [3.8, 4) is 0 Å². The molecule has 1 aromatic carbocycles. The molecule has 0 aliphatic rings. The highest BCUT2D eigenvalue weighted by Gasteiger charge is 2.15. The lowest BCUT2D eigenvalue weighted by molar-refractivity contribution is 0.293. The minimum absolute atomic E-state index is 0.783. The van der Waals surface area contributed by atoms with Crippen LogP contribution in [-0.2, 0) is 13.1 Å². The molecule has 2 rings (SSSR count). The lowest BCUT2D eigenvalue weighted by Crippen LogP contribution is -2.23. The van der Waals surface area contributed by atoms with Crippen molar-refractivity contribution in [2.45, 2.75) is 26.9 Å². The first-order chi connectivity index (χ1) is 8.80. The van der Waals surface area contributed by atoms with Crippen molar-refractivity contribution >= 4 is 11.0 Å². The van der Waals surface area contributed by atoms with E-state index in [9.17, 15) is 0 Å². The Morgan fingerprint density at radius 2 is 1.89 bits per heavy atom. The molecule has 1 heterocycles. The van der Waals surface area contributed by atoms with Crippen molar-refractivity contribution in [3.05, 3.63) is 35.6 Å². The van der Waals surface area contributed by atoms with Gasteiger partial charge >= 0.3 is 0 Å². The molecule has 3 nitrogen and oxygen atoms in total. The van der Waals surface area contributed by atoms with Gasteiger partial charge in [-0.15, -0.1) is 0 Å². The molecule has 1 N–H and O–H groups in total. The van der Waals surface area contributed by atoms with E-state index < -0.39 is 0 Å². The van der Waals surface area contributed by atoms with Gasteiger partial charge in [0.25, 0.3) is 0 Å². The van der Waals surface area contributed by atoms with Crippen molar-refractivity contribution in [1.29, 1.82) is 0 Å². The average Bonchev–Trinajstić information content (AvgIpc) is 2.74. The Morgan fingerprint density at radius 1 is 1.17 bits per heavy atom. The van der Waals surface area contributed by atoms with Gasteiger partial charge in [-0.25, -0.2) is 0 Å². The second-order valence-corrected chi connectivity index (χ2v) is 4.49. The predicted molar refractivity (Wildman–Crippen MR) is 75.6 cm³/mol. The first-order valence-corrected chi connectivity index (χ1v) is 6.66. The van der Waals surface area contributed by atoms with Crippen molar-refractivity contribution in [2.24, 2.45) is 0 Å². The fourth-order valence-corrected chi connectivity index (χ4v) is 2.30. The molecular weight excluding hydrogens is 224 g/mol. The number of nitrogens with zero attached hydrogens (tertiary/aromatic N) is 1. The number of nitrogens with one attached hydrogen (secondary N) is 1. The molecule has 0 amide bonds. The van der Waals surface area contributed by atoms with Crippen LogP contribution in [0.1, 0.15) is 25.2 Å². The molecule has 0 fully saturated rings. The van der Waals surface area contributed by atoms with Gasteiger partial charge in [0.05, 0.1) is 6.54 Å². The fourth-order valence-electron chi connectivity index (χ4n) is 2.30. The molecule has 0 bridgehead atoms. The summed E-state index contributed by atoms with van der Waals surface area (Å²) in [4.78, 5) is 2.41. The van der Waals surface area contributed by atoms with Gasteiger partial charge in [0.1, 0.15) is 11.3 Å². The number of benzene rings is 1. The van der Waals surface area contributed by atoms with Crippen LogP contribution >= 0.6 is 0 Å². The molecule has 0 aliphatic heterocycles. The van der Waals surface area contributed by atoms with E-state index in [-0.39, 0.29) is 0 Å². The minimum atomic E-state index is 0.783. The van der Waals surface area contributed by atoms with Gasteiger partial charge in [0, 0.05) is 17.5 Å². The van der Waals surface area contributed by atoms with Crippen LogP contribution < -0.4 is 5.32 Å². The number of para-hydroxylation sites is 1. The maximum Gasteiger partial charge on any atom is 0.134 e. The summed E-state index contributed by atoms with van der Waals surface area (Å²) in [5.74, 6) is 1.06. The molecule has 0 unspecified atom stereocenters. The number of hydrogen-bond acceptors (Lipinski definition) is 3. The van der Waals surface area contributed by atoms with E-state index in [0.717, 1.165) is 37.5 Å². The summed E-state index contributed by atoms with van der Waals surface area (Å²) in [7, 11) is 1.95. The Kier molecular flexibility index (Phi) is 4.39. The van der Waals surface area contributed by atoms with Crippen molar-refractivity contribution < 1.29 is 4.42 Å². The normalized spacial score (nSPS) is 11.6. The van der Waals surface area contributed by atoms with E-state index >= 15 is 0 Å². The summed E-state index contributed by atoms with van der Waals surface area (Å²) in [6, 6.07) is 8.29. The van der Waals surface area contributed by atoms with Crippen LogP contribution in [0, 0.1) is 0 Å². The van der Waals surface area contributed by atoms with Crippen LogP contribution in [0.15, 0.2) is 28.7 Å². The number of fused-ring (bicyclic) bond motifs is 1. The van der Waals surface area contributed by atoms with E-state index in [4.69, 9.17) is 4.42 Å². The minimum Gasteiger partial charge on any atom is -0.459 e. The molecule has 98 valence electrons. The molecule has 18 heavy (non-hydrogen) atoms. The van der Waals surface area contributed by atoms with Gasteiger partial charge < -0.3 is 9.73 Å². The molecule has 1 aromatic heterocycles. The van der Waals surface area contributed by atoms with Crippen LogP contribution in [0.25, 0.3) is 11.0 Å². The summed E-state index contributed by atoms with van der Waals surface area (Å²) in [6.07, 6.45) is 0. The van der Waals surface area contributed by atoms with Crippen LogP contribution in [-0.4, -0.2) is 25.0 Å². The van der Waals surface area contributed by atoms with Crippen LogP contribution in [0.5, 0.6) is 0 Å². The summed E-state index contributed by atoms with van der Waals surface area (Å²) < 4.78 is 5.94. The Hall–Kier alpha value is -1.32. The highest BCUT2D eigenvalue weighted by atomic mass is 16.3. The standard InChI is InChI=1S/C15H22N2O/c1-4-17(5-2)11-13-12-8-6-7-9-14(12)18-15(13)10-16-3/h6-9,16H,4-5,10-11H2,1-3H3. The van der Waals surface area contributed by atoms with E-state index in [1.165, 1.54) is 10.9 Å². The van der Waals surface area contributed by atoms with Gasteiger partial charge in [-0.1, -0.05) is 32.0 Å². The third-order valence-corrected chi connectivity index (χ3v) is 3.40. The molecule has 0 radical (unpaired) electrons. The summed E-state index contributed by atoms with van der Waals surface area (Å²) in [5, 5.41) is 4.43. The number of hydrogen-bond donors (Lipinski definition) is 1. The molecule has 0 saturated carbocycles. The largest absolute Gasteiger partial charge is 0.459 e. The maximum absolute atomic E-state index is 5.94. The van der Waals surface area contributed by atoms with Gasteiger partial charge in [-0.2, -0.15) is 0 Å². The topological polar surface area (TPSA) is 28.4 Å². The Bertz CT molecular complexity index is 500. The van der Waals surface area contributed by atoms with Crippen LogP contribution in [0.4, 0.5) is 0 Å². The summed E-state index contributed by atoms with van der Waals surface area (Å²) >= 11 is 0. The highest BCUT2D eigenvalue weighted by Crippen LogP contribution is 2.27. The zero-order valence-electron chi connectivity index (χ0n) is 11.5. The first kappa shape index (κ1) is 13.1. The summed E-state index contributed by atoms with van der Waals surface area (Å²) in [5.41, 5.74) is 2.31. The second kappa shape index (κ2) is 6.03. The monoisotopic (exact) mass is 246 g/mol. The molecular formula is C15H22N2O. The molecule has 0 aliphatic carbocycles.